The molecular formula is H16HgSn8. The van der Waals surface area contributed by atoms with Crippen LogP contribution in [0.5, 0.6) is 0 Å². The number of rotatable bonds is 0. The van der Waals surface area contributed by atoms with Crippen LogP contribution in [0.1, 0.15) is 0 Å². The molecule has 0 spiro atoms. The fourth-order valence-electron chi connectivity index (χ4n) is 0. The van der Waals surface area contributed by atoms with E-state index in [0.717, 1.165) is 0 Å². The van der Waals surface area contributed by atoms with Gasteiger partial charge in [0, 0.05) is 27.7 Å². The molecule has 16 radical (unpaired) electrons. The summed E-state index contributed by atoms with van der Waals surface area (Å²) in [6.07, 6.45) is 0. The Morgan fingerprint density at radius 1 is 0.222 bits per heavy atom. The molecule has 0 aliphatic heterocycles. The van der Waals surface area contributed by atoms with Crippen molar-refractivity contribution in [3.63, 3.8) is 0 Å². The molecule has 9 heavy (non-hydrogen) atoms. The van der Waals surface area contributed by atoms with Gasteiger partial charge in [0.1, 0.15) is 0 Å². The molecular weight excluding hydrogens is 1150 g/mol. The van der Waals surface area contributed by atoms with Crippen LogP contribution in [0.15, 0.2) is 0 Å². The van der Waals surface area contributed by atoms with Crippen molar-refractivity contribution in [2.75, 3.05) is 0 Å². The van der Waals surface area contributed by atoms with E-state index in [1.807, 2.05) is 0 Å². The molecule has 0 saturated carbocycles. The SMILES string of the molecule is [Hg].[SnH2].[SnH2].[SnH2].[SnH2].[SnH2].[SnH2].[SnH2].[SnH2]. The second-order valence-corrected chi connectivity index (χ2v) is 0. The average Bonchev–Trinajstić information content (AvgIpc) is 0. The van der Waals surface area contributed by atoms with Crippen molar-refractivity contribution in [2.24, 2.45) is 0 Å². The van der Waals surface area contributed by atoms with Gasteiger partial charge in [-0.2, -0.15) is 0 Å². The van der Waals surface area contributed by atoms with E-state index in [1.165, 1.54) is 0 Å². The zero-order valence-electron chi connectivity index (χ0n) is 6.36. The Balaban J connectivity index is 0. The molecule has 0 aliphatic rings. The van der Waals surface area contributed by atoms with Crippen LogP contribution in [0.3, 0.4) is 0 Å². The van der Waals surface area contributed by atoms with Gasteiger partial charge >= 0.3 is 191 Å². The molecule has 0 aliphatic carbocycles. The van der Waals surface area contributed by atoms with Gasteiger partial charge in [-0.1, -0.05) is 0 Å². The average molecular weight is 1170 g/mol. The summed E-state index contributed by atoms with van der Waals surface area (Å²) in [6.45, 7) is 0. The van der Waals surface area contributed by atoms with Crippen LogP contribution in [0, 0.1) is 0 Å². The Labute approximate surface area is 213 Å². The first-order valence-electron chi connectivity index (χ1n) is 0. The van der Waals surface area contributed by atoms with Crippen LogP contribution in [0.2, 0.25) is 0 Å². The molecule has 0 bridgehead atoms. The first-order chi connectivity index (χ1) is 0. The molecule has 0 amide bonds. The van der Waals surface area contributed by atoms with Gasteiger partial charge in [-0.05, 0) is 0 Å². The molecule has 0 heterocycles. The third kappa shape index (κ3) is 50.7. The predicted molar refractivity (Wildman–Crippen MR) is 68.4 cm³/mol. The Kier molecular flexibility index (Phi) is 465. The molecule has 0 fully saturated rings. The van der Waals surface area contributed by atoms with Crippen LogP contribution in [-0.2, 0) is 27.7 Å². The van der Waals surface area contributed by atoms with Crippen LogP contribution in [-0.4, -0.2) is 191 Å². The van der Waals surface area contributed by atoms with E-state index in [4.69, 9.17) is 0 Å². The monoisotopic (exact) mass is 1180 g/mol. The first kappa shape index (κ1) is 71.5. The number of hydrogen-bond acceptors (Lipinski definition) is 0. The van der Waals surface area contributed by atoms with Crippen molar-refractivity contribution < 1.29 is 27.7 Å². The van der Waals surface area contributed by atoms with Crippen LogP contribution in [0.4, 0.5) is 0 Å². The number of hydrogen-bond donors (Lipinski definition) is 0. The van der Waals surface area contributed by atoms with Crippen molar-refractivity contribution in [1.82, 2.24) is 0 Å². The van der Waals surface area contributed by atoms with Gasteiger partial charge in [0.2, 0.25) is 0 Å². The van der Waals surface area contributed by atoms with Gasteiger partial charge < -0.3 is 0 Å². The van der Waals surface area contributed by atoms with E-state index in [9.17, 15) is 0 Å². The normalized spacial score (nSPS) is 0. The quantitative estimate of drug-likeness (QED) is 0.212. The standard InChI is InChI=1S/Hg.8Sn.16H. The summed E-state index contributed by atoms with van der Waals surface area (Å²) in [4.78, 5) is 0. The molecule has 0 aromatic carbocycles. The van der Waals surface area contributed by atoms with Gasteiger partial charge in [0.05, 0.1) is 0 Å². The van der Waals surface area contributed by atoms with Gasteiger partial charge in [-0.3, -0.25) is 0 Å². The minimum absolute atomic E-state index is 0. The van der Waals surface area contributed by atoms with Crippen molar-refractivity contribution in [3.05, 3.63) is 0 Å². The second kappa shape index (κ2) is 58.6. The van der Waals surface area contributed by atoms with Crippen LogP contribution < -0.4 is 0 Å². The van der Waals surface area contributed by atoms with Gasteiger partial charge in [-0.15, -0.1) is 0 Å². The van der Waals surface area contributed by atoms with Crippen molar-refractivity contribution >= 4 is 191 Å². The summed E-state index contributed by atoms with van der Waals surface area (Å²) in [7, 11) is 0. The summed E-state index contributed by atoms with van der Waals surface area (Å²) < 4.78 is 0. The maximum atomic E-state index is 0. The van der Waals surface area contributed by atoms with E-state index in [2.05, 4.69) is 0 Å². The first-order valence-corrected chi connectivity index (χ1v) is 0. The van der Waals surface area contributed by atoms with Crippen LogP contribution in [0.25, 0.3) is 0 Å². The maximum absolute atomic E-state index is 0. The van der Waals surface area contributed by atoms with Crippen molar-refractivity contribution in [1.29, 1.82) is 0 Å². The zero-order valence-corrected chi connectivity index (χ0v) is 44.2. The topological polar surface area (TPSA) is 0 Å². The zero-order chi connectivity index (χ0) is 0. The van der Waals surface area contributed by atoms with Crippen LogP contribution >= 0.6 is 0 Å². The minimum atomic E-state index is 0. The van der Waals surface area contributed by atoms with E-state index in [1.54, 1.807) is 0 Å². The second-order valence-electron chi connectivity index (χ2n) is 0. The Bertz CT molecular complexity index is 4.53. The molecule has 0 unspecified atom stereocenters. The molecule has 0 N–H and O–H groups in total. The van der Waals surface area contributed by atoms with E-state index in [0.29, 0.717) is 0 Å². The molecule has 0 nitrogen and oxygen atoms in total. The fourth-order valence-corrected chi connectivity index (χ4v) is 0. The Morgan fingerprint density at radius 2 is 0.222 bits per heavy atom. The summed E-state index contributed by atoms with van der Waals surface area (Å²) in [6, 6.07) is 0. The molecule has 0 aromatic rings. The molecule has 0 aromatic heterocycles. The summed E-state index contributed by atoms with van der Waals surface area (Å²) in [5, 5.41) is 0. The van der Waals surface area contributed by atoms with E-state index in [-0.39, 0.29) is 219 Å². The molecule has 50 valence electrons. The summed E-state index contributed by atoms with van der Waals surface area (Å²) in [5.74, 6) is 0. The summed E-state index contributed by atoms with van der Waals surface area (Å²) in [5.41, 5.74) is 0. The van der Waals surface area contributed by atoms with E-state index >= 15 is 0 Å². The molecule has 0 atom stereocenters. The summed E-state index contributed by atoms with van der Waals surface area (Å²) >= 11 is 0. The van der Waals surface area contributed by atoms with Crippen molar-refractivity contribution in [3.8, 4) is 0 Å². The Morgan fingerprint density at radius 3 is 0.222 bits per heavy atom. The van der Waals surface area contributed by atoms with Gasteiger partial charge in [-0.25, -0.2) is 0 Å². The van der Waals surface area contributed by atoms with Gasteiger partial charge in [0.25, 0.3) is 0 Å². The molecule has 9 heteroatoms. The fraction of sp³-hybridized carbons (Fsp3) is 0. The third-order valence-corrected chi connectivity index (χ3v) is 0. The Hall–Kier alpha value is 7.32. The third-order valence-electron chi connectivity index (χ3n) is 0. The van der Waals surface area contributed by atoms with E-state index < -0.39 is 0 Å². The molecule has 0 rings (SSSR count). The molecule has 0 saturated heterocycles. The van der Waals surface area contributed by atoms with Crippen molar-refractivity contribution in [2.45, 2.75) is 0 Å². The predicted octanol–water partition coefficient (Wildman–Crippen LogP) is -7.33. The van der Waals surface area contributed by atoms with Gasteiger partial charge in [0.15, 0.2) is 0 Å².